The van der Waals surface area contributed by atoms with Gasteiger partial charge in [0, 0.05) is 12.1 Å². The summed E-state index contributed by atoms with van der Waals surface area (Å²) in [7, 11) is 0. The third-order valence-corrected chi connectivity index (χ3v) is 3.42. The van der Waals surface area contributed by atoms with Crippen molar-refractivity contribution in [3.63, 3.8) is 0 Å². The normalized spacial score (nSPS) is 11.1. The highest BCUT2D eigenvalue weighted by atomic mass is 32.1. The predicted molar refractivity (Wildman–Crippen MR) is 83.1 cm³/mol. The Morgan fingerprint density at radius 1 is 1.30 bits per heavy atom. The molecule has 0 radical (unpaired) electrons. The zero-order chi connectivity index (χ0) is 14.2. The third-order valence-electron chi connectivity index (χ3n) is 2.61. The average Bonchev–Trinajstić information content (AvgIpc) is 2.89. The first-order chi connectivity index (χ1) is 9.83. The molecule has 0 spiro atoms. The van der Waals surface area contributed by atoms with Crippen molar-refractivity contribution < 1.29 is 4.74 Å². The zero-order valence-electron chi connectivity index (χ0n) is 11.8. The van der Waals surface area contributed by atoms with E-state index >= 15 is 0 Å². The van der Waals surface area contributed by atoms with Gasteiger partial charge in [0.2, 0.25) is 0 Å². The molecule has 1 aromatic carbocycles. The summed E-state index contributed by atoms with van der Waals surface area (Å²) in [5.41, 5.74) is 1.04. The van der Waals surface area contributed by atoms with E-state index in [-0.39, 0.29) is 0 Å². The molecule has 1 N–H and O–H groups in total. The minimum Gasteiger partial charge on any atom is -0.429 e. The van der Waals surface area contributed by atoms with E-state index < -0.39 is 0 Å². The summed E-state index contributed by atoms with van der Waals surface area (Å²) < 4.78 is 5.81. The summed E-state index contributed by atoms with van der Waals surface area (Å²) in [6, 6.07) is 7.89. The van der Waals surface area contributed by atoms with Gasteiger partial charge in [-0.05, 0) is 26.0 Å². The second-order valence-electron chi connectivity index (χ2n) is 4.28. The number of rotatable bonds is 7. The van der Waals surface area contributed by atoms with E-state index in [1.165, 1.54) is 11.3 Å². The van der Waals surface area contributed by atoms with Crippen LogP contribution in [0.4, 0.5) is 0 Å². The van der Waals surface area contributed by atoms with Crippen LogP contribution in [0.15, 0.2) is 30.3 Å². The number of allylic oxidation sites excluding steroid dienone is 1. The van der Waals surface area contributed by atoms with E-state index in [1.54, 1.807) is 0 Å². The van der Waals surface area contributed by atoms with Crippen molar-refractivity contribution in [2.45, 2.75) is 26.8 Å². The predicted octanol–water partition coefficient (Wildman–Crippen LogP) is 3.86. The summed E-state index contributed by atoms with van der Waals surface area (Å²) in [5, 5.41) is 13.0. The van der Waals surface area contributed by atoms with Crippen molar-refractivity contribution in [2.75, 3.05) is 6.54 Å². The number of ether oxygens (including phenoxy) is 1. The Labute approximate surface area is 123 Å². The highest BCUT2D eigenvalue weighted by Crippen LogP contribution is 2.28. The molecule has 0 amide bonds. The van der Waals surface area contributed by atoms with Crippen molar-refractivity contribution in [1.82, 2.24) is 15.5 Å². The van der Waals surface area contributed by atoms with Gasteiger partial charge in [0.1, 0.15) is 10.8 Å². The molecule has 0 atom stereocenters. The molecule has 0 saturated carbocycles. The molecule has 4 nitrogen and oxygen atoms in total. The van der Waals surface area contributed by atoms with Crippen LogP contribution >= 0.6 is 11.3 Å². The number of nitrogens with zero attached hydrogens (tertiary/aromatic N) is 2. The molecule has 0 aliphatic rings. The van der Waals surface area contributed by atoms with Crippen molar-refractivity contribution in [3.05, 3.63) is 40.9 Å². The number of nitrogens with one attached hydrogen (secondary N) is 1. The van der Waals surface area contributed by atoms with Crippen LogP contribution in [0.25, 0.3) is 6.08 Å². The van der Waals surface area contributed by atoms with E-state index in [4.69, 9.17) is 4.74 Å². The molecule has 106 valence electrons. The Hall–Kier alpha value is -1.72. The molecule has 20 heavy (non-hydrogen) atoms. The summed E-state index contributed by atoms with van der Waals surface area (Å²) in [6.45, 7) is 5.85. The second kappa shape index (κ2) is 7.77. The lowest BCUT2D eigenvalue weighted by Crippen LogP contribution is -2.13. The molecule has 2 aromatic rings. The van der Waals surface area contributed by atoms with Crippen LogP contribution in [-0.4, -0.2) is 16.7 Å². The second-order valence-corrected chi connectivity index (χ2v) is 5.30. The molecule has 0 fully saturated rings. The first-order valence-electron chi connectivity index (χ1n) is 6.76. The van der Waals surface area contributed by atoms with Gasteiger partial charge >= 0.3 is 0 Å². The first kappa shape index (κ1) is 14.7. The lowest BCUT2D eigenvalue weighted by molar-refractivity contribution is 0.472. The molecular formula is C15H19N3OS. The van der Waals surface area contributed by atoms with Crippen molar-refractivity contribution >= 4 is 17.4 Å². The molecule has 1 heterocycles. The quantitative estimate of drug-likeness (QED) is 0.786. The Bertz CT molecular complexity index is 566. The Balaban J connectivity index is 2.03. The van der Waals surface area contributed by atoms with Crippen molar-refractivity contribution in [3.8, 4) is 10.9 Å². The summed E-state index contributed by atoms with van der Waals surface area (Å²) in [5.74, 6) is 0.801. The van der Waals surface area contributed by atoms with Gasteiger partial charge < -0.3 is 10.1 Å². The van der Waals surface area contributed by atoms with E-state index in [0.717, 1.165) is 35.8 Å². The topological polar surface area (TPSA) is 47.0 Å². The lowest BCUT2D eigenvalue weighted by atomic mass is 10.2. The van der Waals surface area contributed by atoms with Crippen LogP contribution in [0.3, 0.4) is 0 Å². The van der Waals surface area contributed by atoms with Gasteiger partial charge in [-0.3, -0.25) is 0 Å². The van der Waals surface area contributed by atoms with Gasteiger partial charge in [-0.1, -0.05) is 53.7 Å². The Morgan fingerprint density at radius 2 is 2.15 bits per heavy atom. The maximum absolute atomic E-state index is 5.81. The van der Waals surface area contributed by atoms with E-state index in [9.17, 15) is 0 Å². The summed E-state index contributed by atoms with van der Waals surface area (Å²) in [6.07, 6.45) is 5.11. The van der Waals surface area contributed by atoms with Crippen LogP contribution in [-0.2, 0) is 6.54 Å². The molecule has 0 unspecified atom stereocenters. The van der Waals surface area contributed by atoms with E-state index in [0.29, 0.717) is 5.19 Å². The van der Waals surface area contributed by atoms with Crippen LogP contribution < -0.4 is 10.1 Å². The summed E-state index contributed by atoms with van der Waals surface area (Å²) >= 11 is 1.47. The van der Waals surface area contributed by atoms with Gasteiger partial charge in [-0.25, -0.2) is 0 Å². The lowest BCUT2D eigenvalue weighted by Gasteiger charge is -2.04. The SMILES string of the molecule is C/C=C/c1ccccc1Oc1nnc(CNCCC)s1. The molecular weight excluding hydrogens is 270 g/mol. The van der Waals surface area contributed by atoms with E-state index in [1.807, 2.05) is 43.3 Å². The maximum atomic E-state index is 5.81. The standard InChI is InChI=1S/C15H19N3OS/c1-3-7-12-8-5-6-9-13(12)19-15-18-17-14(20-15)11-16-10-4-2/h3,5-9,16H,4,10-11H2,1-2H3/b7-3+. The number of para-hydroxylation sites is 1. The summed E-state index contributed by atoms with van der Waals surface area (Å²) in [4.78, 5) is 0. The van der Waals surface area contributed by atoms with Gasteiger partial charge in [0.05, 0.1) is 0 Å². The highest BCUT2D eigenvalue weighted by molar-refractivity contribution is 7.13. The minimum absolute atomic E-state index is 0.579. The largest absolute Gasteiger partial charge is 0.429 e. The number of hydrogen-bond donors (Lipinski definition) is 1. The third kappa shape index (κ3) is 4.15. The van der Waals surface area contributed by atoms with Crippen LogP contribution in [0.5, 0.6) is 10.9 Å². The maximum Gasteiger partial charge on any atom is 0.299 e. The first-order valence-corrected chi connectivity index (χ1v) is 7.57. The average molecular weight is 289 g/mol. The smallest absolute Gasteiger partial charge is 0.299 e. The molecule has 0 saturated heterocycles. The van der Waals surface area contributed by atoms with E-state index in [2.05, 4.69) is 22.4 Å². The monoisotopic (exact) mass is 289 g/mol. The van der Waals surface area contributed by atoms with Crippen LogP contribution in [0.1, 0.15) is 30.8 Å². The van der Waals surface area contributed by atoms with Crippen molar-refractivity contribution in [2.24, 2.45) is 0 Å². The zero-order valence-corrected chi connectivity index (χ0v) is 12.6. The fraction of sp³-hybridized carbons (Fsp3) is 0.333. The minimum atomic E-state index is 0.579. The number of aromatic nitrogens is 2. The molecule has 1 aromatic heterocycles. The van der Waals surface area contributed by atoms with Gasteiger partial charge in [0.25, 0.3) is 5.19 Å². The van der Waals surface area contributed by atoms with Crippen LogP contribution in [0, 0.1) is 0 Å². The van der Waals surface area contributed by atoms with Crippen molar-refractivity contribution in [1.29, 1.82) is 0 Å². The Morgan fingerprint density at radius 3 is 2.95 bits per heavy atom. The van der Waals surface area contributed by atoms with Gasteiger partial charge in [-0.15, -0.1) is 5.10 Å². The molecule has 2 rings (SSSR count). The Kier molecular flexibility index (Phi) is 5.70. The van der Waals surface area contributed by atoms with Gasteiger partial charge in [-0.2, -0.15) is 0 Å². The molecule has 5 heteroatoms. The van der Waals surface area contributed by atoms with Gasteiger partial charge in [0.15, 0.2) is 0 Å². The highest BCUT2D eigenvalue weighted by Gasteiger charge is 2.07. The van der Waals surface area contributed by atoms with Crippen LogP contribution in [0.2, 0.25) is 0 Å². The number of benzene rings is 1. The number of hydrogen-bond acceptors (Lipinski definition) is 5. The molecule has 0 bridgehead atoms. The fourth-order valence-corrected chi connectivity index (χ4v) is 2.38. The molecule has 0 aliphatic carbocycles. The fourth-order valence-electron chi connectivity index (χ4n) is 1.71. The molecule has 0 aliphatic heterocycles.